The van der Waals surface area contributed by atoms with Crippen molar-refractivity contribution >= 4 is 23.5 Å². The van der Waals surface area contributed by atoms with Crippen molar-refractivity contribution in [2.24, 2.45) is 0 Å². The molecule has 3 heterocycles. The van der Waals surface area contributed by atoms with Crippen molar-refractivity contribution in [1.82, 2.24) is 24.8 Å². The van der Waals surface area contributed by atoms with Crippen LogP contribution in [0.5, 0.6) is 0 Å². The van der Waals surface area contributed by atoms with Crippen molar-refractivity contribution in [3.05, 3.63) is 35.7 Å². The average molecular weight is 412 g/mol. The molecule has 1 atom stereocenters. The lowest BCUT2D eigenvalue weighted by Crippen LogP contribution is -2.51. The maximum atomic E-state index is 12.5. The van der Waals surface area contributed by atoms with E-state index in [0.29, 0.717) is 38.0 Å². The van der Waals surface area contributed by atoms with Crippen LogP contribution in [0.15, 0.2) is 24.3 Å². The molecule has 1 amide bonds. The van der Waals surface area contributed by atoms with Crippen LogP contribution in [0.1, 0.15) is 31.2 Å². The number of carbonyl (C=O) groups is 1. The number of amides is 1. The largest absolute Gasteiger partial charge is 0.368 e. The summed E-state index contributed by atoms with van der Waals surface area (Å²) in [6.07, 6.45) is 2.46. The van der Waals surface area contributed by atoms with E-state index < -0.39 is 0 Å². The fraction of sp³-hybridized carbons (Fsp3) is 0.524. The Hall–Kier alpha value is -2.78. The molecule has 0 spiro atoms. The quantitative estimate of drug-likeness (QED) is 0.737. The third kappa shape index (κ3) is 4.85. The summed E-state index contributed by atoms with van der Waals surface area (Å²) in [6, 6.07) is 8.07. The van der Waals surface area contributed by atoms with E-state index in [2.05, 4.69) is 38.2 Å². The lowest BCUT2D eigenvalue weighted by Gasteiger charge is -2.35. The predicted molar refractivity (Wildman–Crippen MR) is 114 cm³/mol. The SMILES string of the molecule is CCc1ccccc1Nc1nc(N)nc(CN2CCN(C(=O)[C@H]3CCCO3)CC2)n1. The van der Waals surface area contributed by atoms with Gasteiger partial charge in [0.05, 0.1) is 6.54 Å². The monoisotopic (exact) mass is 411 g/mol. The topological polar surface area (TPSA) is 110 Å². The summed E-state index contributed by atoms with van der Waals surface area (Å²) in [6.45, 7) is 6.28. The van der Waals surface area contributed by atoms with E-state index >= 15 is 0 Å². The molecule has 2 saturated heterocycles. The Bertz CT molecular complexity index is 877. The number of ether oxygens (including phenoxy) is 1. The van der Waals surface area contributed by atoms with Crippen LogP contribution in [0.3, 0.4) is 0 Å². The Morgan fingerprint density at radius 2 is 2.00 bits per heavy atom. The van der Waals surface area contributed by atoms with Gasteiger partial charge in [-0.15, -0.1) is 0 Å². The minimum Gasteiger partial charge on any atom is -0.368 e. The van der Waals surface area contributed by atoms with Crippen molar-refractivity contribution in [2.75, 3.05) is 43.8 Å². The Balaban J connectivity index is 1.36. The molecule has 160 valence electrons. The van der Waals surface area contributed by atoms with E-state index in [-0.39, 0.29) is 18.0 Å². The number of hydrogen-bond acceptors (Lipinski definition) is 8. The molecule has 9 nitrogen and oxygen atoms in total. The third-order valence-electron chi connectivity index (χ3n) is 5.60. The van der Waals surface area contributed by atoms with Crippen molar-refractivity contribution in [1.29, 1.82) is 0 Å². The van der Waals surface area contributed by atoms with Gasteiger partial charge in [-0.1, -0.05) is 25.1 Å². The number of carbonyl (C=O) groups excluding carboxylic acids is 1. The number of nitrogen functional groups attached to an aromatic ring is 1. The van der Waals surface area contributed by atoms with E-state index in [0.717, 1.165) is 38.0 Å². The smallest absolute Gasteiger partial charge is 0.251 e. The molecule has 0 aliphatic carbocycles. The van der Waals surface area contributed by atoms with E-state index in [9.17, 15) is 4.79 Å². The molecular formula is C21H29N7O2. The lowest BCUT2D eigenvalue weighted by atomic mass is 10.1. The van der Waals surface area contributed by atoms with Gasteiger partial charge in [-0.05, 0) is 30.9 Å². The summed E-state index contributed by atoms with van der Waals surface area (Å²) in [5, 5.41) is 3.27. The average Bonchev–Trinajstić information content (AvgIpc) is 3.29. The van der Waals surface area contributed by atoms with Crippen molar-refractivity contribution in [2.45, 2.75) is 38.8 Å². The van der Waals surface area contributed by atoms with Gasteiger partial charge in [-0.2, -0.15) is 15.0 Å². The van der Waals surface area contributed by atoms with Gasteiger partial charge in [0.15, 0.2) is 0 Å². The van der Waals surface area contributed by atoms with Crippen molar-refractivity contribution < 1.29 is 9.53 Å². The molecule has 2 fully saturated rings. The number of rotatable bonds is 6. The van der Waals surface area contributed by atoms with Crippen LogP contribution >= 0.6 is 0 Å². The first-order chi connectivity index (χ1) is 14.6. The number of nitrogens with one attached hydrogen (secondary N) is 1. The second-order valence-corrected chi connectivity index (χ2v) is 7.67. The molecule has 0 radical (unpaired) electrons. The summed E-state index contributed by atoms with van der Waals surface area (Å²) in [5.74, 6) is 1.39. The summed E-state index contributed by atoms with van der Waals surface area (Å²) < 4.78 is 5.53. The van der Waals surface area contributed by atoms with Crippen LogP contribution in [-0.2, 0) is 22.5 Å². The first kappa shape index (κ1) is 20.5. The van der Waals surface area contributed by atoms with Crippen LogP contribution < -0.4 is 11.1 Å². The number of para-hydroxylation sites is 1. The van der Waals surface area contributed by atoms with E-state index in [1.165, 1.54) is 5.56 Å². The number of hydrogen-bond donors (Lipinski definition) is 2. The standard InChI is InChI=1S/C21H29N7O2/c1-2-15-6-3-4-7-16(15)23-21-25-18(24-20(22)26-21)14-27-9-11-28(12-10-27)19(29)17-8-5-13-30-17/h3-4,6-7,17H,2,5,8-14H2,1H3,(H3,22,23,24,25,26)/t17-/m1/s1. The van der Waals surface area contributed by atoms with E-state index in [1.54, 1.807) is 0 Å². The number of aryl methyl sites for hydroxylation is 1. The Labute approximate surface area is 176 Å². The van der Waals surface area contributed by atoms with Crippen LogP contribution in [0.2, 0.25) is 0 Å². The van der Waals surface area contributed by atoms with Gasteiger partial charge >= 0.3 is 0 Å². The van der Waals surface area contributed by atoms with E-state index in [1.807, 2.05) is 23.1 Å². The molecule has 0 bridgehead atoms. The normalized spacial score (nSPS) is 19.8. The fourth-order valence-corrected chi connectivity index (χ4v) is 3.94. The maximum Gasteiger partial charge on any atom is 0.251 e. The third-order valence-corrected chi connectivity index (χ3v) is 5.60. The molecular weight excluding hydrogens is 382 g/mol. The number of anilines is 3. The van der Waals surface area contributed by atoms with Gasteiger partial charge in [-0.3, -0.25) is 9.69 Å². The van der Waals surface area contributed by atoms with Gasteiger partial charge in [0, 0.05) is 38.5 Å². The second kappa shape index (κ2) is 9.36. The first-order valence-corrected chi connectivity index (χ1v) is 10.6. The highest BCUT2D eigenvalue weighted by molar-refractivity contribution is 5.81. The first-order valence-electron chi connectivity index (χ1n) is 10.6. The van der Waals surface area contributed by atoms with Gasteiger partial charge in [-0.25, -0.2) is 0 Å². The number of aromatic nitrogens is 3. The molecule has 0 unspecified atom stereocenters. The van der Waals surface area contributed by atoms with Crippen molar-refractivity contribution in [3.63, 3.8) is 0 Å². The molecule has 9 heteroatoms. The number of nitrogens with zero attached hydrogens (tertiary/aromatic N) is 5. The molecule has 3 N–H and O–H groups in total. The number of benzene rings is 1. The zero-order chi connectivity index (χ0) is 20.9. The summed E-state index contributed by atoms with van der Waals surface area (Å²) >= 11 is 0. The van der Waals surface area contributed by atoms with Gasteiger partial charge < -0.3 is 20.7 Å². The fourth-order valence-electron chi connectivity index (χ4n) is 3.94. The number of nitrogens with two attached hydrogens (primary N) is 1. The highest BCUT2D eigenvalue weighted by atomic mass is 16.5. The molecule has 2 aromatic rings. The molecule has 1 aromatic heterocycles. The summed E-state index contributed by atoms with van der Waals surface area (Å²) in [4.78, 5) is 29.7. The van der Waals surface area contributed by atoms with Crippen LogP contribution in [-0.4, -0.2) is 69.5 Å². The second-order valence-electron chi connectivity index (χ2n) is 7.67. The zero-order valence-electron chi connectivity index (χ0n) is 17.4. The molecule has 30 heavy (non-hydrogen) atoms. The Morgan fingerprint density at radius 3 is 2.73 bits per heavy atom. The number of piperazine rings is 1. The highest BCUT2D eigenvalue weighted by Crippen LogP contribution is 2.20. The minimum atomic E-state index is -0.250. The van der Waals surface area contributed by atoms with E-state index in [4.69, 9.17) is 10.5 Å². The van der Waals surface area contributed by atoms with Crippen molar-refractivity contribution in [3.8, 4) is 0 Å². The summed E-state index contributed by atoms with van der Waals surface area (Å²) in [7, 11) is 0. The minimum absolute atomic E-state index is 0.123. The predicted octanol–water partition coefficient (Wildman–Crippen LogP) is 1.58. The van der Waals surface area contributed by atoms with Gasteiger partial charge in [0.2, 0.25) is 11.9 Å². The van der Waals surface area contributed by atoms with Gasteiger partial charge in [0.25, 0.3) is 5.91 Å². The maximum absolute atomic E-state index is 12.5. The Morgan fingerprint density at radius 1 is 1.20 bits per heavy atom. The van der Waals surface area contributed by atoms with Gasteiger partial charge in [0.1, 0.15) is 11.9 Å². The van der Waals surface area contributed by atoms with Crippen LogP contribution in [0.4, 0.5) is 17.6 Å². The lowest BCUT2D eigenvalue weighted by molar-refractivity contribution is -0.142. The molecule has 4 rings (SSSR count). The van der Waals surface area contributed by atoms with Crippen LogP contribution in [0, 0.1) is 0 Å². The molecule has 0 saturated carbocycles. The molecule has 2 aliphatic rings. The highest BCUT2D eigenvalue weighted by Gasteiger charge is 2.30. The zero-order valence-corrected chi connectivity index (χ0v) is 17.4. The van der Waals surface area contributed by atoms with Crippen LogP contribution in [0.25, 0.3) is 0 Å². The molecule has 2 aliphatic heterocycles. The Kier molecular flexibility index (Phi) is 6.39. The molecule has 1 aromatic carbocycles. The summed E-state index contributed by atoms with van der Waals surface area (Å²) in [5.41, 5.74) is 8.09.